The van der Waals surface area contributed by atoms with Crippen molar-refractivity contribution < 1.29 is 9.59 Å². The van der Waals surface area contributed by atoms with Crippen molar-refractivity contribution in [3.05, 3.63) is 23.8 Å². The highest BCUT2D eigenvalue weighted by atomic mass is 16.2. The number of amidine groups is 1. The van der Waals surface area contributed by atoms with Crippen LogP contribution in [-0.2, 0) is 9.59 Å². The van der Waals surface area contributed by atoms with Crippen molar-refractivity contribution in [3.8, 4) is 0 Å². The van der Waals surface area contributed by atoms with Crippen LogP contribution in [0, 0.1) is 5.92 Å². The zero-order valence-corrected chi connectivity index (χ0v) is 17.9. The van der Waals surface area contributed by atoms with E-state index in [4.69, 9.17) is 4.99 Å². The van der Waals surface area contributed by atoms with Gasteiger partial charge in [0.2, 0.25) is 11.8 Å². The third-order valence-electron chi connectivity index (χ3n) is 6.45. The van der Waals surface area contributed by atoms with Gasteiger partial charge in [0, 0.05) is 57.8 Å². The summed E-state index contributed by atoms with van der Waals surface area (Å²) in [6.45, 7) is 9.10. The molecule has 30 heavy (non-hydrogen) atoms. The maximum absolute atomic E-state index is 12.2. The molecule has 8 heteroatoms. The lowest BCUT2D eigenvalue weighted by Crippen LogP contribution is -2.53. The van der Waals surface area contributed by atoms with E-state index in [0.717, 1.165) is 45.6 Å². The number of carbonyl (C=O) groups is 2. The smallest absolute Gasteiger partial charge is 0.223 e. The van der Waals surface area contributed by atoms with Gasteiger partial charge < -0.3 is 10.6 Å². The van der Waals surface area contributed by atoms with Crippen molar-refractivity contribution in [2.75, 3.05) is 39.3 Å². The van der Waals surface area contributed by atoms with E-state index < -0.39 is 0 Å². The number of aliphatic imine (C=N–C) groups is 2. The maximum atomic E-state index is 12.2. The van der Waals surface area contributed by atoms with E-state index in [0.29, 0.717) is 18.4 Å². The SMILES string of the molecule is CCC1CC2N=CC(CN3CCN(C4C=CC(NC(C)=O)=NC4)CC3)=CC2NC1=O. The van der Waals surface area contributed by atoms with Gasteiger partial charge in [0.25, 0.3) is 0 Å². The minimum Gasteiger partial charge on any atom is -0.347 e. The Bertz CT molecular complexity index is 793. The van der Waals surface area contributed by atoms with Gasteiger partial charge in [-0.2, -0.15) is 0 Å². The molecule has 0 bridgehead atoms. The molecule has 2 N–H and O–H groups in total. The van der Waals surface area contributed by atoms with Crippen LogP contribution in [0.3, 0.4) is 0 Å². The minimum atomic E-state index is -0.0877. The molecule has 4 atom stereocenters. The molecule has 2 saturated heterocycles. The molecular formula is C22H32N6O2. The van der Waals surface area contributed by atoms with Crippen molar-refractivity contribution in [2.45, 2.75) is 44.8 Å². The van der Waals surface area contributed by atoms with E-state index in [-0.39, 0.29) is 29.8 Å². The normalized spacial score (nSPS) is 32.1. The van der Waals surface area contributed by atoms with Crippen LogP contribution in [0.4, 0.5) is 0 Å². The van der Waals surface area contributed by atoms with Gasteiger partial charge in [-0.05, 0) is 24.5 Å². The number of carbonyl (C=O) groups excluding carboxylic acids is 2. The lowest BCUT2D eigenvalue weighted by Gasteiger charge is -2.39. The molecule has 8 nitrogen and oxygen atoms in total. The first kappa shape index (κ1) is 20.9. The molecule has 4 aliphatic rings. The van der Waals surface area contributed by atoms with E-state index in [1.807, 2.05) is 12.3 Å². The lowest BCUT2D eigenvalue weighted by atomic mass is 9.86. The van der Waals surface area contributed by atoms with Crippen molar-refractivity contribution in [2.24, 2.45) is 15.9 Å². The first-order chi connectivity index (χ1) is 14.5. The van der Waals surface area contributed by atoms with Gasteiger partial charge >= 0.3 is 0 Å². The average molecular weight is 413 g/mol. The second kappa shape index (κ2) is 9.22. The number of piperidine rings is 1. The van der Waals surface area contributed by atoms with Crippen LogP contribution in [-0.4, -0.2) is 91.1 Å². The lowest BCUT2D eigenvalue weighted by molar-refractivity contribution is -0.127. The van der Waals surface area contributed by atoms with Gasteiger partial charge in [-0.15, -0.1) is 0 Å². The molecule has 162 valence electrons. The van der Waals surface area contributed by atoms with Crippen LogP contribution >= 0.6 is 0 Å². The van der Waals surface area contributed by atoms with Crippen molar-refractivity contribution in [1.82, 2.24) is 20.4 Å². The summed E-state index contributed by atoms with van der Waals surface area (Å²) in [6, 6.07) is 0.531. The van der Waals surface area contributed by atoms with Crippen LogP contribution < -0.4 is 10.6 Å². The Labute approximate surface area is 178 Å². The van der Waals surface area contributed by atoms with Gasteiger partial charge in [0.05, 0.1) is 18.6 Å². The number of hydrogen-bond donors (Lipinski definition) is 2. The van der Waals surface area contributed by atoms with Crippen molar-refractivity contribution in [1.29, 1.82) is 0 Å². The number of piperazine rings is 1. The molecule has 2 amide bonds. The zero-order chi connectivity index (χ0) is 21.1. The quantitative estimate of drug-likeness (QED) is 0.698. The molecule has 4 heterocycles. The van der Waals surface area contributed by atoms with Crippen LogP contribution in [0.5, 0.6) is 0 Å². The Balaban J connectivity index is 1.25. The van der Waals surface area contributed by atoms with Gasteiger partial charge in [-0.1, -0.05) is 19.1 Å². The van der Waals surface area contributed by atoms with Crippen LogP contribution in [0.25, 0.3) is 0 Å². The zero-order valence-electron chi connectivity index (χ0n) is 17.9. The Morgan fingerprint density at radius 2 is 2.10 bits per heavy atom. The maximum Gasteiger partial charge on any atom is 0.223 e. The topological polar surface area (TPSA) is 89.4 Å². The van der Waals surface area contributed by atoms with Crippen LogP contribution in [0.15, 0.2) is 33.8 Å². The number of amides is 2. The molecule has 4 aliphatic heterocycles. The fourth-order valence-electron chi connectivity index (χ4n) is 4.66. The Morgan fingerprint density at radius 3 is 2.77 bits per heavy atom. The standard InChI is InChI=1S/C22H32N6O2/c1-3-17-11-19-20(26-22(17)30)10-16(12-23-19)14-27-6-8-28(9-7-27)18-4-5-21(24-13-18)25-15(2)29/h4-5,10,12,17-20H,3,6-9,11,13-14H2,1-2H3,(H,26,30)(H,24,25,29). The average Bonchev–Trinajstić information content (AvgIpc) is 2.74. The number of dihydropyridines is 2. The highest BCUT2D eigenvalue weighted by Crippen LogP contribution is 2.25. The number of nitrogens with zero attached hydrogens (tertiary/aromatic N) is 4. The van der Waals surface area contributed by atoms with Crippen molar-refractivity contribution in [3.63, 3.8) is 0 Å². The summed E-state index contributed by atoms with van der Waals surface area (Å²) in [6.07, 6.45) is 9.99. The summed E-state index contributed by atoms with van der Waals surface area (Å²) in [5.41, 5.74) is 1.20. The molecule has 0 aromatic rings. The predicted molar refractivity (Wildman–Crippen MR) is 118 cm³/mol. The second-order valence-electron chi connectivity index (χ2n) is 8.61. The summed E-state index contributed by atoms with van der Waals surface area (Å²) in [5, 5.41) is 5.89. The van der Waals surface area contributed by atoms with E-state index >= 15 is 0 Å². The molecule has 2 fully saturated rings. The molecule has 0 spiro atoms. The molecule has 4 rings (SSSR count). The van der Waals surface area contributed by atoms with Gasteiger partial charge in [-0.25, -0.2) is 0 Å². The van der Waals surface area contributed by atoms with E-state index in [9.17, 15) is 9.59 Å². The fourth-order valence-corrected chi connectivity index (χ4v) is 4.66. The largest absolute Gasteiger partial charge is 0.347 e. The molecule has 0 saturated carbocycles. The van der Waals surface area contributed by atoms with Crippen LogP contribution in [0.2, 0.25) is 0 Å². The summed E-state index contributed by atoms with van der Waals surface area (Å²) in [4.78, 5) is 37.5. The Kier molecular flexibility index (Phi) is 6.43. The highest BCUT2D eigenvalue weighted by molar-refractivity contribution is 6.04. The van der Waals surface area contributed by atoms with Crippen molar-refractivity contribution >= 4 is 23.9 Å². The first-order valence-electron chi connectivity index (χ1n) is 11.0. The fraction of sp³-hybridized carbons (Fsp3) is 0.636. The Morgan fingerprint density at radius 1 is 1.30 bits per heavy atom. The van der Waals surface area contributed by atoms with E-state index in [1.165, 1.54) is 12.5 Å². The second-order valence-corrected chi connectivity index (χ2v) is 8.61. The van der Waals surface area contributed by atoms with Gasteiger partial charge in [0.1, 0.15) is 5.84 Å². The summed E-state index contributed by atoms with van der Waals surface area (Å²) < 4.78 is 0. The minimum absolute atomic E-state index is 0.0460. The molecule has 0 aromatic heterocycles. The third-order valence-corrected chi connectivity index (χ3v) is 6.45. The number of rotatable bonds is 4. The van der Waals surface area contributed by atoms with Crippen LogP contribution in [0.1, 0.15) is 26.7 Å². The summed E-state index contributed by atoms with van der Waals surface area (Å²) in [5.74, 6) is 0.832. The summed E-state index contributed by atoms with van der Waals surface area (Å²) in [7, 11) is 0. The molecule has 0 aliphatic carbocycles. The predicted octanol–water partition coefficient (Wildman–Crippen LogP) is 0.371. The van der Waals surface area contributed by atoms with E-state index in [1.54, 1.807) is 0 Å². The van der Waals surface area contributed by atoms with E-state index in [2.05, 4.69) is 44.5 Å². The third kappa shape index (κ3) is 4.87. The monoisotopic (exact) mass is 412 g/mol. The van der Waals surface area contributed by atoms with Gasteiger partial charge in [-0.3, -0.25) is 29.4 Å². The molecule has 0 aromatic carbocycles. The molecule has 0 radical (unpaired) electrons. The highest BCUT2D eigenvalue weighted by Gasteiger charge is 2.35. The molecular weight excluding hydrogens is 380 g/mol. The van der Waals surface area contributed by atoms with Gasteiger partial charge in [0.15, 0.2) is 0 Å². The number of hydrogen-bond acceptors (Lipinski definition) is 6. The Hall–Kier alpha value is -2.32. The molecule has 4 unspecified atom stereocenters. The first-order valence-corrected chi connectivity index (χ1v) is 11.0. The number of nitrogens with one attached hydrogen (secondary N) is 2. The summed E-state index contributed by atoms with van der Waals surface area (Å²) >= 11 is 0. The number of fused-ring (bicyclic) bond motifs is 1.